The third-order valence-electron chi connectivity index (χ3n) is 4.52. The summed E-state index contributed by atoms with van der Waals surface area (Å²) in [6, 6.07) is 11.6. The average molecular weight is 383 g/mol. The molecular formula is C20H21N3O5. The van der Waals surface area contributed by atoms with Gasteiger partial charge in [0.05, 0.1) is 10.6 Å². The van der Waals surface area contributed by atoms with E-state index in [4.69, 9.17) is 4.74 Å². The maximum atomic E-state index is 12.7. The van der Waals surface area contributed by atoms with Gasteiger partial charge in [0.15, 0.2) is 5.60 Å². The number of nitrogens with one attached hydrogen (secondary N) is 1. The molecule has 1 N–H and O–H groups in total. The molecule has 1 heterocycles. The zero-order valence-corrected chi connectivity index (χ0v) is 15.9. The number of fused-ring (bicyclic) bond motifs is 1. The Morgan fingerprint density at radius 3 is 2.64 bits per heavy atom. The topological polar surface area (TPSA) is 102 Å². The highest BCUT2D eigenvalue weighted by molar-refractivity contribution is 6.03. The van der Waals surface area contributed by atoms with Crippen LogP contribution in [0.3, 0.4) is 0 Å². The molecule has 3 rings (SSSR count). The minimum absolute atomic E-state index is 0.00393. The van der Waals surface area contributed by atoms with Gasteiger partial charge in [0.1, 0.15) is 5.75 Å². The molecule has 146 valence electrons. The van der Waals surface area contributed by atoms with E-state index in [2.05, 4.69) is 5.32 Å². The van der Waals surface area contributed by atoms with Crippen LogP contribution in [0, 0.1) is 17.0 Å². The fourth-order valence-electron chi connectivity index (χ4n) is 3.12. The lowest BCUT2D eigenvalue weighted by atomic mass is 10.0. The second-order valence-corrected chi connectivity index (χ2v) is 7.09. The van der Waals surface area contributed by atoms with Crippen molar-refractivity contribution in [3.63, 3.8) is 0 Å². The van der Waals surface area contributed by atoms with Gasteiger partial charge in [-0.15, -0.1) is 0 Å². The van der Waals surface area contributed by atoms with Gasteiger partial charge in [-0.3, -0.25) is 19.7 Å². The molecule has 0 bridgehead atoms. The molecule has 0 unspecified atom stereocenters. The number of ether oxygens (including phenoxy) is 1. The van der Waals surface area contributed by atoms with Crippen LogP contribution in [-0.4, -0.2) is 28.9 Å². The number of aryl methyl sites for hydroxylation is 1. The Morgan fingerprint density at radius 1 is 1.25 bits per heavy atom. The van der Waals surface area contributed by atoms with Crippen LogP contribution in [-0.2, 0) is 9.59 Å². The second kappa shape index (κ2) is 7.30. The van der Waals surface area contributed by atoms with Crippen molar-refractivity contribution < 1.29 is 19.2 Å². The molecule has 8 heteroatoms. The number of nitrogens with zero attached hydrogens (tertiary/aromatic N) is 2. The zero-order chi connectivity index (χ0) is 20.5. The largest absolute Gasteiger partial charge is 0.476 e. The first-order chi connectivity index (χ1) is 13.2. The Bertz CT molecular complexity index is 955. The number of nitro benzene ring substituents is 1. The van der Waals surface area contributed by atoms with Crippen molar-refractivity contribution in [3.8, 4) is 5.75 Å². The Morgan fingerprint density at radius 2 is 1.96 bits per heavy atom. The predicted molar refractivity (Wildman–Crippen MR) is 105 cm³/mol. The fraction of sp³-hybridized carbons (Fsp3) is 0.300. The normalized spacial score (nSPS) is 14.8. The minimum atomic E-state index is -1.01. The van der Waals surface area contributed by atoms with Crippen molar-refractivity contribution in [2.45, 2.75) is 32.8 Å². The Balaban J connectivity index is 1.70. The van der Waals surface area contributed by atoms with Crippen LogP contribution in [0.1, 0.15) is 25.8 Å². The van der Waals surface area contributed by atoms with E-state index in [1.165, 1.54) is 12.1 Å². The van der Waals surface area contributed by atoms with Crippen molar-refractivity contribution >= 4 is 28.9 Å². The van der Waals surface area contributed by atoms with Crippen molar-refractivity contribution in [1.82, 2.24) is 0 Å². The van der Waals surface area contributed by atoms with Crippen LogP contribution in [0.25, 0.3) is 0 Å². The van der Waals surface area contributed by atoms with E-state index in [1.54, 1.807) is 49.9 Å². The van der Waals surface area contributed by atoms with Crippen molar-refractivity contribution in [2.24, 2.45) is 0 Å². The van der Waals surface area contributed by atoms with Crippen LogP contribution in [0.15, 0.2) is 42.5 Å². The molecule has 1 aliphatic heterocycles. The van der Waals surface area contributed by atoms with Crippen LogP contribution in [0.2, 0.25) is 0 Å². The first-order valence-electron chi connectivity index (χ1n) is 8.84. The molecule has 0 atom stereocenters. The molecule has 0 aliphatic carbocycles. The lowest BCUT2D eigenvalue weighted by Gasteiger charge is -2.38. The summed E-state index contributed by atoms with van der Waals surface area (Å²) in [6.07, 6.45) is 0.0756. The van der Waals surface area contributed by atoms with E-state index in [9.17, 15) is 19.7 Å². The summed E-state index contributed by atoms with van der Waals surface area (Å²) in [7, 11) is 0. The standard InChI is InChI=1S/C20H21N3O5/c1-13-12-14(8-9-15(13)23(26)27)21-18(24)10-11-22-16-6-4-5-7-17(16)28-20(2,3)19(22)25/h4-9,12H,10-11H2,1-3H3,(H,21,24). The van der Waals surface area contributed by atoms with Crippen LogP contribution in [0.5, 0.6) is 5.75 Å². The third kappa shape index (κ3) is 3.80. The Hall–Kier alpha value is -3.42. The molecular weight excluding hydrogens is 362 g/mol. The number of rotatable bonds is 5. The Labute approximate surface area is 162 Å². The number of carbonyl (C=O) groups is 2. The van der Waals surface area contributed by atoms with Crippen LogP contribution < -0.4 is 15.0 Å². The summed E-state index contributed by atoms with van der Waals surface area (Å²) in [5, 5.41) is 13.6. The first kappa shape index (κ1) is 19.3. The molecule has 0 fully saturated rings. The van der Waals surface area contributed by atoms with Crippen molar-refractivity contribution in [3.05, 3.63) is 58.1 Å². The summed E-state index contributed by atoms with van der Waals surface area (Å²) in [4.78, 5) is 37.1. The number of nitro groups is 1. The third-order valence-corrected chi connectivity index (χ3v) is 4.52. The number of para-hydroxylation sites is 2. The molecule has 2 aromatic carbocycles. The van der Waals surface area contributed by atoms with E-state index in [1.807, 2.05) is 6.07 Å². The van der Waals surface area contributed by atoms with Gasteiger partial charge in [-0.25, -0.2) is 0 Å². The van der Waals surface area contributed by atoms with E-state index < -0.39 is 10.5 Å². The number of hydrogen-bond donors (Lipinski definition) is 1. The van der Waals surface area contributed by atoms with Gasteiger partial charge in [0.25, 0.3) is 11.6 Å². The highest BCUT2D eigenvalue weighted by atomic mass is 16.6. The zero-order valence-electron chi connectivity index (χ0n) is 15.9. The summed E-state index contributed by atoms with van der Waals surface area (Å²) < 4.78 is 5.76. The molecule has 2 amide bonds. The fourth-order valence-corrected chi connectivity index (χ4v) is 3.12. The van der Waals surface area contributed by atoms with Gasteiger partial charge in [-0.05, 0) is 45.0 Å². The molecule has 28 heavy (non-hydrogen) atoms. The van der Waals surface area contributed by atoms with E-state index in [-0.39, 0.29) is 30.5 Å². The summed E-state index contributed by atoms with van der Waals surface area (Å²) in [5.41, 5.74) is 0.547. The summed E-state index contributed by atoms with van der Waals surface area (Å²) >= 11 is 0. The van der Waals surface area contributed by atoms with Gasteiger partial charge in [-0.1, -0.05) is 12.1 Å². The molecule has 0 spiro atoms. The Kier molecular flexibility index (Phi) is 5.04. The van der Waals surface area contributed by atoms with E-state index in [0.717, 1.165) is 0 Å². The number of anilines is 2. The number of benzene rings is 2. The van der Waals surface area contributed by atoms with Gasteiger partial charge in [-0.2, -0.15) is 0 Å². The molecule has 0 saturated carbocycles. The quantitative estimate of drug-likeness (QED) is 0.629. The lowest BCUT2D eigenvalue weighted by Crippen LogP contribution is -2.53. The highest BCUT2D eigenvalue weighted by Crippen LogP contribution is 2.37. The predicted octanol–water partition coefficient (Wildman–Crippen LogP) is 3.44. The highest BCUT2D eigenvalue weighted by Gasteiger charge is 2.40. The molecule has 0 saturated heterocycles. The molecule has 0 radical (unpaired) electrons. The van der Waals surface area contributed by atoms with Crippen LogP contribution >= 0.6 is 0 Å². The lowest BCUT2D eigenvalue weighted by molar-refractivity contribution is -0.385. The second-order valence-electron chi connectivity index (χ2n) is 7.09. The maximum absolute atomic E-state index is 12.7. The summed E-state index contributed by atoms with van der Waals surface area (Å²) in [6.45, 7) is 5.19. The van der Waals surface area contributed by atoms with Gasteiger partial charge in [0, 0.05) is 30.3 Å². The first-order valence-corrected chi connectivity index (χ1v) is 8.84. The van der Waals surface area contributed by atoms with Crippen molar-refractivity contribution in [2.75, 3.05) is 16.8 Å². The number of carbonyl (C=O) groups excluding carboxylic acids is 2. The molecule has 8 nitrogen and oxygen atoms in total. The smallest absolute Gasteiger partial charge is 0.272 e. The summed E-state index contributed by atoms with van der Waals surface area (Å²) in [5.74, 6) is 0.0894. The van der Waals surface area contributed by atoms with E-state index >= 15 is 0 Å². The maximum Gasteiger partial charge on any atom is 0.272 e. The van der Waals surface area contributed by atoms with Crippen molar-refractivity contribution in [1.29, 1.82) is 0 Å². The SMILES string of the molecule is Cc1cc(NC(=O)CCN2C(=O)C(C)(C)Oc3ccccc32)ccc1[N+](=O)[O-]. The number of amides is 2. The van der Waals surface area contributed by atoms with E-state index in [0.29, 0.717) is 22.7 Å². The molecule has 2 aromatic rings. The monoisotopic (exact) mass is 383 g/mol. The molecule has 0 aromatic heterocycles. The average Bonchev–Trinajstić information content (AvgIpc) is 2.61. The van der Waals surface area contributed by atoms with Gasteiger partial charge < -0.3 is 15.0 Å². The van der Waals surface area contributed by atoms with Gasteiger partial charge in [0.2, 0.25) is 5.91 Å². The number of hydrogen-bond acceptors (Lipinski definition) is 5. The molecule has 1 aliphatic rings. The minimum Gasteiger partial charge on any atom is -0.476 e. The van der Waals surface area contributed by atoms with Crippen LogP contribution in [0.4, 0.5) is 17.1 Å². The van der Waals surface area contributed by atoms with Gasteiger partial charge >= 0.3 is 0 Å².